The van der Waals surface area contributed by atoms with Gasteiger partial charge in [0.2, 0.25) is 5.82 Å². The lowest BCUT2D eigenvalue weighted by molar-refractivity contribution is -0.432. The fourth-order valence-corrected chi connectivity index (χ4v) is 1.62. The minimum atomic E-state index is -5.33. The molecule has 0 amide bonds. The zero-order chi connectivity index (χ0) is 14.8. The van der Waals surface area contributed by atoms with Gasteiger partial charge in [-0.1, -0.05) is 5.04 Å². The SMILES string of the molecule is COc1c(F)c(F)c(SOOO)c(F)c1C(F)(F)F. The molecule has 0 saturated carbocycles. The number of rotatable bonds is 4. The first-order valence-corrected chi connectivity index (χ1v) is 4.96. The third-order valence-corrected chi connectivity index (χ3v) is 2.53. The zero-order valence-corrected chi connectivity index (χ0v) is 9.66. The summed E-state index contributed by atoms with van der Waals surface area (Å²) in [4.78, 5) is -1.49. The molecule has 0 fully saturated rings. The van der Waals surface area contributed by atoms with Crippen molar-refractivity contribution in [2.75, 3.05) is 7.11 Å². The van der Waals surface area contributed by atoms with Crippen LogP contribution in [0.5, 0.6) is 5.75 Å². The molecular formula is C8H4F6O4S. The van der Waals surface area contributed by atoms with Crippen LogP contribution in [0.2, 0.25) is 0 Å². The van der Waals surface area contributed by atoms with Gasteiger partial charge in [-0.3, -0.25) is 0 Å². The number of hydrogen-bond acceptors (Lipinski definition) is 5. The van der Waals surface area contributed by atoms with Gasteiger partial charge in [0.1, 0.15) is 10.5 Å². The lowest BCUT2D eigenvalue weighted by Gasteiger charge is -2.16. The first-order valence-electron chi connectivity index (χ1n) is 4.22. The molecule has 0 atom stereocenters. The second-order valence-corrected chi connectivity index (χ2v) is 3.61. The maximum atomic E-state index is 13.5. The number of hydrogen-bond donors (Lipinski definition) is 1. The van der Waals surface area contributed by atoms with Gasteiger partial charge < -0.3 is 4.74 Å². The van der Waals surface area contributed by atoms with Crippen molar-refractivity contribution >= 4 is 12.0 Å². The molecule has 108 valence electrons. The van der Waals surface area contributed by atoms with Crippen LogP contribution in [0.1, 0.15) is 5.56 Å². The molecule has 0 bridgehead atoms. The van der Waals surface area contributed by atoms with Crippen molar-refractivity contribution < 1.29 is 45.7 Å². The summed E-state index contributed by atoms with van der Waals surface area (Å²) in [6.07, 6.45) is -5.33. The van der Waals surface area contributed by atoms with Crippen molar-refractivity contribution in [1.82, 2.24) is 0 Å². The third kappa shape index (κ3) is 3.05. The van der Waals surface area contributed by atoms with Crippen LogP contribution in [0.15, 0.2) is 4.90 Å². The van der Waals surface area contributed by atoms with Crippen LogP contribution in [0, 0.1) is 17.5 Å². The van der Waals surface area contributed by atoms with Gasteiger partial charge in [0.15, 0.2) is 17.4 Å². The van der Waals surface area contributed by atoms with Crippen LogP contribution in [-0.4, -0.2) is 12.4 Å². The molecule has 0 aliphatic heterocycles. The van der Waals surface area contributed by atoms with Gasteiger partial charge in [-0.25, -0.2) is 14.0 Å². The molecule has 19 heavy (non-hydrogen) atoms. The van der Waals surface area contributed by atoms with Crippen molar-refractivity contribution in [3.63, 3.8) is 0 Å². The van der Waals surface area contributed by atoms with Gasteiger partial charge in [0.05, 0.1) is 19.2 Å². The molecule has 0 aromatic heterocycles. The Morgan fingerprint density at radius 1 is 1.05 bits per heavy atom. The Bertz CT molecular complexity index is 478. The molecule has 0 saturated heterocycles. The fourth-order valence-electron chi connectivity index (χ4n) is 1.19. The molecule has 0 aliphatic rings. The van der Waals surface area contributed by atoms with E-state index in [1.54, 1.807) is 0 Å². The van der Waals surface area contributed by atoms with Gasteiger partial charge >= 0.3 is 6.18 Å². The summed E-state index contributed by atoms with van der Waals surface area (Å²) in [5, 5.41) is 10.8. The van der Waals surface area contributed by atoms with E-state index in [1.165, 1.54) is 0 Å². The average molecular weight is 310 g/mol. The summed E-state index contributed by atoms with van der Waals surface area (Å²) < 4.78 is 85.5. The minimum Gasteiger partial charge on any atom is -0.493 e. The maximum absolute atomic E-state index is 13.5. The van der Waals surface area contributed by atoms with E-state index in [2.05, 4.69) is 14.1 Å². The first-order chi connectivity index (χ1) is 8.75. The van der Waals surface area contributed by atoms with E-state index in [-0.39, 0.29) is 0 Å². The van der Waals surface area contributed by atoms with E-state index in [9.17, 15) is 26.3 Å². The van der Waals surface area contributed by atoms with E-state index < -0.39 is 51.9 Å². The van der Waals surface area contributed by atoms with Crippen molar-refractivity contribution in [3.05, 3.63) is 23.0 Å². The van der Waals surface area contributed by atoms with Crippen LogP contribution >= 0.6 is 12.0 Å². The Labute approximate surface area is 105 Å². The standard InChI is InChI=1S/C8H4F6O4S/c1-16-6-2(8(12,13)14)3(9)7(19-18-17-15)5(11)4(6)10/h15H,1H3. The van der Waals surface area contributed by atoms with Gasteiger partial charge in [-0.2, -0.15) is 17.6 Å². The molecule has 1 rings (SSSR count). The largest absolute Gasteiger partial charge is 0.493 e. The van der Waals surface area contributed by atoms with Crippen LogP contribution in [0.3, 0.4) is 0 Å². The average Bonchev–Trinajstić information content (AvgIpc) is 2.31. The highest BCUT2D eigenvalue weighted by atomic mass is 32.2. The number of halogens is 6. The summed E-state index contributed by atoms with van der Waals surface area (Å²) in [7, 11) is 0.618. The van der Waals surface area contributed by atoms with Crippen LogP contribution in [0.4, 0.5) is 26.3 Å². The Kier molecular flexibility index (Phi) is 4.90. The highest BCUT2D eigenvalue weighted by Gasteiger charge is 2.43. The van der Waals surface area contributed by atoms with E-state index in [1.807, 2.05) is 0 Å². The number of benzene rings is 1. The summed E-state index contributed by atoms with van der Waals surface area (Å²) in [5.41, 5.74) is -2.14. The molecule has 1 aromatic carbocycles. The summed E-state index contributed by atoms with van der Waals surface area (Å²) in [6, 6.07) is 0. The second-order valence-electron chi connectivity index (χ2n) is 2.90. The van der Waals surface area contributed by atoms with Crippen LogP contribution in [0.25, 0.3) is 0 Å². The topological polar surface area (TPSA) is 47.9 Å². The Morgan fingerprint density at radius 2 is 1.63 bits per heavy atom. The van der Waals surface area contributed by atoms with E-state index in [0.29, 0.717) is 7.11 Å². The van der Waals surface area contributed by atoms with Crippen LogP contribution in [-0.2, 0) is 15.5 Å². The van der Waals surface area contributed by atoms with Gasteiger partial charge in [0, 0.05) is 0 Å². The number of alkyl halides is 3. The van der Waals surface area contributed by atoms with Gasteiger partial charge in [-0.15, -0.1) is 4.33 Å². The number of ether oxygens (including phenoxy) is 1. The van der Waals surface area contributed by atoms with Gasteiger partial charge in [-0.05, 0) is 0 Å². The smallest absolute Gasteiger partial charge is 0.422 e. The summed E-state index contributed by atoms with van der Waals surface area (Å²) >= 11 is -0.480. The fraction of sp³-hybridized carbons (Fsp3) is 0.250. The molecule has 0 unspecified atom stereocenters. The van der Waals surface area contributed by atoms with E-state index >= 15 is 0 Å². The molecule has 0 aliphatic carbocycles. The third-order valence-electron chi connectivity index (χ3n) is 1.87. The lowest BCUT2D eigenvalue weighted by atomic mass is 10.1. The minimum absolute atomic E-state index is 0.480. The molecule has 4 nitrogen and oxygen atoms in total. The molecule has 11 heteroatoms. The van der Waals surface area contributed by atoms with Crippen molar-refractivity contribution in [1.29, 1.82) is 0 Å². The Morgan fingerprint density at radius 3 is 2.05 bits per heavy atom. The van der Waals surface area contributed by atoms with Crippen molar-refractivity contribution in [2.45, 2.75) is 11.1 Å². The Balaban J connectivity index is 3.57. The van der Waals surface area contributed by atoms with Crippen molar-refractivity contribution in [2.24, 2.45) is 0 Å². The summed E-state index contributed by atoms with van der Waals surface area (Å²) in [6.45, 7) is 0. The molecule has 1 N–H and O–H groups in total. The number of methoxy groups -OCH3 is 1. The molecule has 0 radical (unpaired) electrons. The zero-order valence-electron chi connectivity index (χ0n) is 8.85. The summed E-state index contributed by atoms with van der Waals surface area (Å²) in [5.74, 6) is -7.83. The highest BCUT2D eigenvalue weighted by molar-refractivity contribution is 7.94. The maximum Gasteiger partial charge on any atom is 0.422 e. The molecule has 0 spiro atoms. The quantitative estimate of drug-likeness (QED) is 0.303. The van der Waals surface area contributed by atoms with Crippen LogP contribution < -0.4 is 4.74 Å². The normalized spacial score (nSPS) is 11.8. The highest BCUT2D eigenvalue weighted by Crippen LogP contribution is 2.44. The first kappa shape index (κ1) is 15.9. The molecular weight excluding hydrogens is 306 g/mol. The van der Waals surface area contributed by atoms with E-state index in [4.69, 9.17) is 5.26 Å². The predicted octanol–water partition coefficient (Wildman–Crippen LogP) is 3.56. The second kappa shape index (κ2) is 5.86. The molecule has 1 aromatic rings. The lowest BCUT2D eigenvalue weighted by Crippen LogP contribution is -2.14. The van der Waals surface area contributed by atoms with Crippen molar-refractivity contribution in [3.8, 4) is 5.75 Å². The van der Waals surface area contributed by atoms with Gasteiger partial charge in [0.25, 0.3) is 0 Å². The predicted molar refractivity (Wildman–Crippen MR) is 48.5 cm³/mol. The Hall–Kier alpha value is -1.17. The molecule has 0 heterocycles. The monoisotopic (exact) mass is 310 g/mol. The van der Waals surface area contributed by atoms with E-state index in [0.717, 1.165) is 0 Å².